The topological polar surface area (TPSA) is 108 Å². The number of allylic oxidation sites excluding steroid dienone is 1. The van der Waals surface area contributed by atoms with E-state index in [0.717, 1.165) is 26.5 Å². The smallest absolute Gasteiger partial charge is 0.379 e. The van der Waals surface area contributed by atoms with Gasteiger partial charge in [-0.05, 0) is 56.2 Å². The lowest BCUT2D eigenvalue weighted by atomic mass is 9.83. The Bertz CT molecular complexity index is 1660. The molecule has 1 aromatic heterocycles. The van der Waals surface area contributed by atoms with E-state index in [1.807, 2.05) is 51.1 Å². The molecule has 186 valence electrons. The molecule has 0 spiro atoms. The van der Waals surface area contributed by atoms with Crippen molar-refractivity contribution >= 4 is 32.9 Å². The third-order valence-electron chi connectivity index (χ3n) is 6.71. The highest BCUT2D eigenvalue weighted by Gasteiger charge is 2.33. The van der Waals surface area contributed by atoms with Crippen molar-refractivity contribution < 1.29 is 23.4 Å². The van der Waals surface area contributed by atoms with E-state index in [1.165, 1.54) is 0 Å². The second-order valence-electron chi connectivity index (χ2n) is 8.84. The second-order valence-corrected chi connectivity index (χ2v) is 9.76. The first-order chi connectivity index (χ1) is 17.7. The van der Waals surface area contributed by atoms with Crippen LogP contribution >= 0.6 is 15.9 Å². The zero-order valence-electron chi connectivity index (χ0n) is 20.6. The zero-order valence-corrected chi connectivity index (χ0v) is 22.2. The minimum Gasteiger partial charge on any atom is -0.496 e. The summed E-state index contributed by atoms with van der Waals surface area (Å²) in [7, 11) is 1.57. The molecule has 4 aromatic rings. The molecule has 1 aliphatic heterocycles. The van der Waals surface area contributed by atoms with Crippen molar-refractivity contribution in [1.29, 1.82) is 5.26 Å². The van der Waals surface area contributed by atoms with Gasteiger partial charge < -0.3 is 24.4 Å². The highest BCUT2D eigenvalue weighted by Crippen LogP contribution is 2.46. The van der Waals surface area contributed by atoms with Crippen molar-refractivity contribution in [1.82, 2.24) is 0 Å². The SMILES string of the molecule is COc1ccc(Br)cc1C1C(C#N)=C(N)Oc2cc(OC(=O)c3oc4c(C)c(C)ccc4c3C)ccc21. The maximum absolute atomic E-state index is 13.1. The Balaban J connectivity index is 1.53. The number of hydrogen-bond acceptors (Lipinski definition) is 7. The van der Waals surface area contributed by atoms with Crippen LogP contribution in [-0.2, 0) is 0 Å². The fourth-order valence-corrected chi connectivity index (χ4v) is 4.99. The summed E-state index contributed by atoms with van der Waals surface area (Å²) >= 11 is 3.49. The summed E-state index contributed by atoms with van der Waals surface area (Å²) in [5, 5.41) is 10.7. The van der Waals surface area contributed by atoms with Crippen LogP contribution < -0.4 is 19.9 Å². The van der Waals surface area contributed by atoms with Crippen LogP contribution in [0.2, 0.25) is 0 Å². The molecule has 3 aromatic carbocycles. The summed E-state index contributed by atoms with van der Waals surface area (Å²) in [4.78, 5) is 13.1. The standard InChI is InChI=1S/C29H23BrN2O5/c1-14-5-8-19-16(3)27(37-26(19)15(14)2)29(33)35-18-7-9-20-24(12-18)36-28(32)22(13-31)25(20)21-11-17(30)6-10-23(21)34-4/h5-12,25H,32H2,1-4H3. The van der Waals surface area contributed by atoms with Crippen LogP contribution in [0.15, 0.2) is 68.9 Å². The molecule has 1 atom stereocenters. The van der Waals surface area contributed by atoms with Crippen molar-refractivity contribution in [3.05, 3.63) is 98.0 Å². The third kappa shape index (κ3) is 4.11. The minimum absolute atomic E-state index is 0.0236. The molecular weight excluding hydrogens is 536 g/mol. The number of nitrogens with two attached hydrogens (primary N) is 1. The number of rotatable bonds is 4. The summed E-state index contributed by atoms with van der Waals surface area (Å²) in [5.74, 6) is 0.201. The van der Waals surface area contributed by atoms with Gasteiger partial charge in [0.05, 0.1) is 13.0 Å². The number of benzene rings is 3. The molecule has 1 unspecified atom stereocenters. The number of halogens is 1. The maximum Gasteiger partial charge on any atom is 0.379 e. The molecule has 2 heterocycles. The zero-order chi connectivity index (χ0) is 26.4. The molecule has 7 nitrogen and oxygen atoms in total. The third-order valence-corrected chi connectivity index (χ3v) is 7.21. The van der Waals surface area contributed by atoms with Gasteiger partial charge in [-0.1, -0.05) is 34.1 Å². The van der Waals surface area contributed by atoms with Gasteiger partial charge in [-0.3, -0.25) is 0 Å². The molecule has 0 saturated carbocycles. The van der Waals surface area contributed by atoms with E-state index >= 15 is 0 Å². The predicted molar refractivity (Wildman–Crippen MR) is 142 cm³/mol. The number of carbonyl (C=O) groups is 1. The summed E-state index contributed by atoms with van der Waals surface area (Å²) in [6.45, 7) is 5.78. The number of esters is 1. The molecule has 0 fully saturated rings. The van der Waals surface area contributed by atoms with Crippen molar-refractivity contribution in [2.75, 3.05) is 7.11 Å². The molecule has 0 bridgehead atoms. The van der Waals surface area contributed by atoms with E-state index in [9.17, 15) is 10.1 Å². The predicted octanol–water partition coefficient (Wildman–Crippen LogP) is 6.57. The molecule has 0 amide bonds. The number of furan rings is 1. The average molecular weight is 559 g/mol. The molecule has 0 radical (unpaired) electrons. The average Bonchev–Trinajstić information content (AvgIpc) is 3.22. The second kappa shape index (κ2) is 9.34. The van der Waals surface area contributed by atoms with Gasteiger partial charge >= 0.3 is 5.97 Å². The Hall–Kier alpha value is -4.22. The first-order valence-corrected chi connectivity index (χ1v) is 12.3. The highest BCUT2D eigenvalue weighted by atomic mass is 79.9. The van der Waals surface area contributed by atoms with E-state index in [1.54, 1.807) is 25.3 Å². The molecule has 0 saturated heterocycles. The van der Waals surface area contributed by atoms with Gasteiger partial charge in [-0.15, -0.1) is 0 Å². The maximum atomic E-state index is 13.1. The van der Waals surface area contributed by atoms with Gasteiger partial charge in [0, 0.05) is 32.6 Å². The fourth-order valence-electron chi connectivity index (χ4n) is 4.62. The number of methoxy groups -OCH3 is 1. The van der Waals surface area contributed by atoms with E-state index < -0.39 is 11.9 Å². The van der Waals surface area contributed by atoms with Crippen LogP contribution in [0.25, 0.3) is 11.0 Å². The molecule has 37 heavy (non-hydrogen) atoms. The Labute approximate surface area is 222 Å². The normalized spacial score (nSPS) is 14.6. The van der Waals surface area contributed by atoms with Crippen molar-refractivity contribution in [2.24, 2.45) is 5.73 Å². The van der Waals surface area contributed by atoms with E-state index in [2.05, 4.69) is 22.0 Å². The number of hydrogen-bond donors (Lipinski definition) is 1. The Morgan fingerprint density at radius 2 is 1.84 bits per heavy atom. The van der Waals surface area contributed by atoms with Crippen LogP contribution in [0.1, 0.15) is 44.3 Å². The van der Waals surface area contributed by atoms with Crippen LogP contribution in [0.3, 0.4) is 0 Å². The molecule has 1 aliphatic rings. The number of aryl methyl sites for hydroxylation is 3. The number of nitrogens with zero attached hydrogens (tertiary/aromatic N) is 1. The van der Waals surface area contributed by atoms with Crippen LogP contribution in [0.5, 0.6) is 17.2 Å². The van der Waals surface area contributed by atoms with Crippen LogP contribution in [0.4, 0.5) is 0 Å². The minimum atomic E-state index is -0.618. The summed E-state index contributed by atoms with van der Waals surface area (Å²) < 4.78 is 23.8. The number of ether oxygens (including phenoxy) is 3. The Kier molecular flexibility index (Phi) is 6.18. The van der Waals surface area contributed by atoms with E-state index in [4.69, 9.17) is 24.4 Å². The molecular formula is C29H23BrN2O5. The lowest BCUT2D eigenvalue weighted by Gasteiger charge is -2.27. The fraction of sp³-hybridized carbons (Fsp3) is 0.172. The monoisotopic (exact) mass is 558 g/mol. The van der Waals surface area contributed by atoms with Gasteiger partial charge in [0.15, 0.2) is 0 Å². The number of nitriles is 1. The van der Waals surface area contributed by atoms with Crippen LogP contribution in [0, 0.1) is 32.1 Å². The molecule has 8 heteroatoms. The number of fused-ring (bicyclic) bond motifs is 2. The summed E-state index contributed by atoms with van der Waals surface area (Å²) in [6, 6.07) is 16.7. The number of carbonyl (C=O) groups excluding carboxylic acids is 1. The lowest BCUT2D eigenvalue weighted by Crippen LogP contribution is -2.21. The van der Waals surface area contributed by atoms with Gasteiger partial charge in [-0.2, -0.15) is 5.26 Å². The van der Waals surface area contributed by atoms with E-state index in [-0.39, 0.29) is 23.0 Å². The quantitative estimate of drug-likeness (QED) is 0.223. The Morgan fingerprint density at radius 3 is 2.57 bits per heavy atom. The first-order valence-electron chi connectivity index (χ1n) is 11.5. The van der Waals surface area contributed by atoms with E-state index in [0.29, 0.717) is 28.2 Å². The lowest BCUT2D eigenvalue weighted by molar-refractivity contribution is 0.0702. The van der Waals surface area contributed by atoms with Gasteiger partial charge in [-0.25, -0.2) is 4.79 Å². The highest BCUT2D eigenvalue weighted by molar-refractivity contribution is 9.10. The van der Waals surface area contributed by atoms with Gasteiger partial charge in [0.25, 0.3) is 0 Å². The van der Waals surface area contributed by atoms with Crippen molar-refractivity contribution in [2.45, 2.75) is 26.7 Å². The van der Waals surface area contributed by atoms with Gasteiger partial charge in [0.2, 0.25) is 11.6 Å². The largest absolute Gasteiger partial charge is 0.496 e. The van der Waals surface area contributed by atoms with Crippen LogP contribution in [-0.4, -0.2) is 13.1 Å². The summed E-state index contributed by atoms with van der Waals surface area (Å²) in [6.07, 6.45) is 0. The first kappa shape index (κ1) is 24.5. The molecule has 5 rings (SSSR count). The Morgan fingerprint density at radius 1 is 1.05 bits per heavy atom. The summed E-state index contributed by atoms with van der Waals surface area (Å²) in [5.41, 5.74) is 11.3. The molecule has 2 N–H and O–H groups in total. The van der Waals surface area contributed by atoms with Crippen molar-refractivity contribution in [3.63, 3.8) is 0 Å². The molecule has 0 aliphatic carbocycles. The van der Waals surface area contributed by atoms with Gasteiger partial charge in [0.1, 0.15) is 34.5 Å². The van der Waals surface area contributed by atoms with Crippen molar-refractivity contribution in [3.8, 4) is 23.3 Å².